The van der Waals surface area contributed by atoms with E-state index in [-0.39, 0.29) is 17.2 Å². The molecule has 0 heterocycles. The van der Waals surface area contributed by atoms with E-state index in [9.17, 15) is 4.79 Å². The highest BCUT2D eigenvalue weighted by Gasteiger charge is 2.33. The second-order valence-corrected chi connectivity index (χ2v) is 5.14. The van der Waals surface area contributed by atoms with Crippen LogP contribution in [0.1, 0.15) is 52.4 Å². The summed E-state index contributed by atoms with van der Waals surface area (Å²) in [6.45, 7) is 5.62. The maximum absolute atomic E-state index is 11.9. The van der Waals surface area contributed by atoms with Crippen LogP contribution in [-0.4, -0.2) is 19.0 Å². The van der Waals surface area contributed by atoms with Gasteiger partial charge in [-0.2, -0.15) is 0 Å². The van der Waals surface area contributed by atoms with Gasteiger partial charge in [0.25, 0.3) is 0 Å². The van der Waals surface area contributed by atoms with E-state index in [4.69, 9.17) is 5.73 Å². The molecule has 1 saturated carbocycles. The van der Waals surface area contributed by atoms with Crippen LogP contribution in [0.3, 0.4) is 0 Å². The van der Waals surface area contributed by atoms with Gasteiger partial charge in [0.2, 0.25) is 5.91 Å². The monoisotopic (exact) mass is 226 g/mol. The average Bonchev–Trinajstić information content (AvgIpc) is 2.77. The third-order valence-electron chi connectivity index (χ3n) is 4.09. The van der Waals surface area contributed by atoms with Crippen molar-refractivity contribution < 1.29 is 4.79 Å². The van der Waals surface area contributed by atoms with E-state index in [1.165, 1.54) is 25.7 Å². The minimum Gasteiger partial charge on any atom is -0.355 e. The van der Waals surface area contributed by atoms with Crippen molar-refractivity contribution >= 4 is 5.91 Å². The van der Waals surface area contributed by atoms with E-state index in [0.29, 0.717) is 6.54 Å². The number of nitrogens with one attached hydrogen (secondary N) is 1. The highest BCUT2D eigenvalue weighted by Crippen LogP contribution is 2.36. The maximum atomic E-state index is 11.9. The Kier molecular flexibility index (Phi) is 5.26. The third-order valence-corrected chi connectivity index (χ3v) is 4.09. The lowest BCUT2D eigenvalue weighted by Gasteiger charge is -2.28. The molecule has 0 radical (unpaired) electrons. The van der Waals surface area contributed by atoms with Gasteiger partial charge in [-0.05, 0) is 37.6 Å². The molecule has 0 aromatic heterocycles. The second kappa shape index (κ2) is 6.24. The Morgan fingerprint density at radius 3 is 2.31 bits per heavy atom. The van der Waals surface area contributed by atoms with Gasteiger partial charge in [-0.25, -0.2) is 0 Å². The molecule has 1 rings (SSSR count). The molecular formula is C13H26N2O. The van der Waals surface area contributed by atoms with E-state index in [0.717, 1.165) is 19.4 Å². The first-order chi connectivity index (χ1) is 7.67. The smallest absolute Gasteiger partial charge is 0.223 e. The molecule has 1 fully saturated rings. The number of carbonyl (C=O) groups excluding carboxylic acids is 1. The molecule has 1 amide bonds. The van der Waals surface area contributed by atoms with Crippen molar-refractivity contribution in [3.8, 4) is 0 Å². The lowest BCUT2D eigenvalue weighted by Crippen LogP contribution is -2.42. The predicted octanol–water partition coefficient (Wildman–Crippen LogP) is 2.06. The summed E-state index contributed by atoms with van der Waals surface area (Å²) in [5, 5.41) is 3.10. The van der Waals surface area contributed by atoms with E-state index in [1.807, 2.05) is 0 Å². The van der Waals surface area contributed by atoms with Crippen molar-refractivity contribution in [2.45, 2.75) is 52.4 Å². The first kappa shape index (κ1) is 13.5. The van der Waals surface area contributed by atoms with Crippen molar-refractivity contribution in [1.29, 1.82) is 0 Å². The average molecular weight is 226 g/mol. The van der Waals surface area contributed by atoms with Crippen molar-refractivity contribution in [2.75, 3.05) is 13.1 Å². The number of hydrogen-bond acceptors (Lipinski definition) is 2. The molecular weight excluding hydrogens is 200 g/mol. The van der Waals surface area contributed by atoms with E-state index < -0.39 is 0 Å². The van der Waals surface area contributed by atoms with Gasteiger partial charge in [-0.3, -0.25) is 4.79 Å². The Hall–Kier alpha value is -0.570. The van der Waals surface area contributed by atoms with Crippen LogP contribution in [0.5, 0.6) is 0 Å². The number of amides is 1. The molecule has 0 unspecified atom stereocenters. The number of rotatable bonds is 6. The van der Waals surface area contributed by atoms with Crippen LogP contribution in [0.15, 0.2) is 0 Å². The highest BCUT2D eigenvalue weighted by atomic mass is 16.1. The fourth-order valence-corrected chi connectivity index (χ4v) is 2.66. The summed E-state index contributed by atoms with van der Waals surface area (Å²) in [5.41, 5.74) is 6.04. The first-order valence-corrected chi connectivity index (χ1v) is 6.65. The summed E-state index contributed by atoms with van der Waals surface area (Å²) in [5.74, 6) is 0.390. The summed E-state index contributed by atoms with van der Waals surface area (Å²) in [4.78, 5) is 11.9. The largest absolute Gasteiger partial charge is 0.355 e. The van der Waals surface area contributed by atoms with Gasteiger partial charge >= 0.3 is 0 Å². The molecule has 1 aliphatic rings. The predicted molar refractivity (Wildman–Crippen MR) is 67.0 cm³/mol. The second-order valence-electron chi connectivity index (χ2n) is 5.14. The normalized spacial score (nSPS) is 19.0. The number of hydrogen-bond donors (Lipinski definition) is 2. The molecule has 16 heavy (non-hydrogen) atoms. The van der Waals surface area contributed by atoms with E-state index in [1.54, 1.807) is 0 Å². The van der Waals surface area contributed by atoms with Gasteiger partial charge < -0.3 is 11.1 Å². The molecule has 0 atom stereocenters. The van der Waals surface area contributed by atoms with Gasteiger partial charge in [-0.1, -0.05) is 26.7 Å². The number of nitrogens with two attached hydrogens (primary N) is 1. The van der Waals surface area contributed by atoms with Gasteiger partial charge in [0.05, 0.1) is 0 Å². The van der Waals surface area contributed by atoms with Gasteiger partial charge in [0.15, 0.2) is 0 Å². The van der Waals surface area contributed by atoms with Crippen LogP contribution >= 0.6 is 0 Å². The molecule has 3 nitrogen and oxygen atoms in total. The summed E-state index contributed by atoms with van der Waals surface area (Å²) in [6.07, 6.45) is 6.73. The van der Waals surface area contributed by atoms with Gasteiger partial charge in [0.1, 0.15) is 0 Å². The van der Waals surface area contributed by atoms with Crippen LogP contribution in [0.4, 0.5) is 0 Å². The molecule has 0 spiro atoms. The van der Waals surface area contributed by atoms with Crippen LogP contribution in [-0.2, 0) is 4.79 Å². The van der Waals surface area contributed by atoms with Crippen LogP contribution < -0.4 is 11.1 Å². The van der Waals surface area contributed by atoms with Gasteiger partial charge in [-0.15, -0.1) is 0 Å². The molecule has 0 aromatic rings. The Morgan fingerprint density at radius 2 is 1.88 bits per heavy atom. The summed E-state index contributed by atoms with van der Waals surface area (Å²) in [6, 6.07) is 0. The molecule has 0 aromatic carbocycles. The zero-order valence-electron chi connectivity index (χ0n) is 10.7. The minimum atomic E-state index is 0.177. The first-order valence-electron chi connectivity index (χ1n) is 6.65. The fourth-order valence-electron chi connectivity index (χ4n) is 2.66. The maximum Gasteiger partial charge on any atom is 0.223 e. The molecule has 3 N–H and O–H groups in total. The fraction of sp³-hybridized carbons (Fsp3) is 0.923. The summed E-state index contributed by atoms with van der Waals surface area (Å²) >= 11 is 0. The SMILES string of the molecule is CCC(CC)C(=O)NCC1(CN)CCCC1. The van der Waals surface area contributed by atoms with E-state index >= 15 is 0 Å². The Bertz CT molecular complexity index is 218. The summed E-state index contributed by atoms with van der Waals surface area (Å²) < 4.78 is 0. The lowest BCUT2D eigenvalue weighted by atomic mass is 9.86. The third kappa shape index (κ3) is 3.21. The molecule has 1 aliphatic carbocycles. The highest BCUT2D eigenvalue weighted by molar-refractivity contribution is 5.78. The molecule has 0 bridgehead atoms. The standard InChI is InChI=1S/C13H26N2O/c1-3-11(4-2)12(16)15-10-13(9-14)7-5-6-8-13/h11H,3-10,14H2,1-2H3,(H,15,16). The topological polar surface area (TPSA) is 55.1 Å². The Morgan fingerprint density at radius 1 is 1.31 bits per heavy atom. The van der Waals surface area contributed by atoms with Crippen molar-refractivity contribution in [2.24, 2.45) is 17.1 Å². The van der Waals surface area contributed by atoms with E-state index in [2.05, 4.69) is 19.2 Å². The summed E-state index contributed by atoms with van der Waals surface area (Å²) in [7, 11) is 0. The molecule has 94 valence electrons. The van der Waals surface area contributed by atoms with Crippen LogP contribution in [0, 0.1) is 11.3 Å². The van der Waals surface area contributed by atoms with Crippen LogP contribution in [0.25, 0.3) is 0 Å². The van der Waals surface area contributed by atoms with Crippen molar-refractivity contribution in [3.05, 3.63) is 0 Å². The zero-order chi connectivity index (χ0) is 12.0. The Labute approximate surface area is 99.2 Å². The molecule has 0 saturated heterocycles. The molecule has 3 heteroatoms. The Balaban J connectivity index is 2.40. The van der Waals surface area contributed by atoms with Gasteiger partial charge in [0, 0.05) is 12.5 Å². The molecule has 0 aliphatic heterocycles. The quantitative estimate of drug-likeness (QED) is 0.728. The van der Waals surface area contributed by atoms with Crippen LogP contribution in [0.2, 0.25) is 0 Å². The number of carbonyl (C=O) groups is 1. The van der Waals surface area contributed by atoms with Crippen molar-refractivity contribution in [1.82, 2.24) is 5.32 Å². The minimum absolute atomic E-state index is 0.177. The lowest BCUT2D eigenvalue weighted by molar-refractivity contribution is -0.125. The van der Waals surface area contributed by atoms with Crippen molar-refractivity contribution in [3.63, 3.8) is 0 Å². The zero-order valence-corrected chi connectivity index (χ0v) is 10.7.